The van der Waals surface area contributed by atoms with Gasteiger partial charge in [0.15, 0.2) is 0 Å². The van der Waals surface area contributed by atoms with Crippen LogP contribution in [0.5, 0.6) is 0 Å². The van der Waals surface area contributed by atoms with Gasteiger partial charge in [-0.3, -0.25) is 9.69 Å². The molecule has 110 valence electrons. The summed E-state index contributed by atoms with van der Waals surface area (Å²) < 4.78 is 5.34. The molecule has 0 spiro atoms. The van der Waals surface area contributed by atoms with Crippen molar-refractivity contribution in [2.75, 3.05) is 32.8 Å². The van der Waals surface area contributed by atoms with Crippen LogP contribution in [-0.4, -0.2) is 49.7 Å². The maximum atomic E-state index is 12.4. The Kier molecular flexibility index (Phi) is 4.85. The zero-order chi connectivity index (χ0) is 13.9. The molecular weight excluding hydrogens is 240 g/mol. The highest BCUT2D eigenvalue weighted by Crippen LogP contribution is 2.41. The minimum absolute atomic E-state index is 0.211. The minimum Gasteiger partial charge on any atom is -0.379 e. The van der Waals surface area contributed by atoms with Crippen molar-refractivity contribution in [2.24, 2.45) is 11.3 Å². The molecule has 0 aromatic rings. The van der Waals surface area contributed by atoms with E-state index in [0.717, 1.165) is 32.8 Å². The van der Waals surface area contributed by atoms with E-state index in [1.54, 1.807) is 0 Å². The number of hydrogen-bond acceptors (Lipinski definition) is 3. The lowest BCUT2D eigenvalue weighted by molar-refractivity contribution is -0.134. The zero-order valence-corrected chi connectivity index (χ0v) is 12.6. The van der Waals surface area contributed by atoms with E-state index in [2.05, 4.69) is 31.0 Å². The van der Waals surface area contributed by atoms with Gasteiger partial charge in [0.05, 0.1) is 13.2 Å². The SMILES string of the molecule is CC(CN1CCOCC1)NC(=O)C(C)(C)C1CCC1. The second-order valence-electron chi connectivity index (χ2n) is 6.64. The first kappa shape index (κ1) is 14.8. The summed E-state index contributed by atoms with van der Waals surface area (Å²) in [7, 11) is 0. The molecular formula is C15H28N2O2. The fourth-order valence-electron chi connectivity index (χ4n) is 2.94. The van der Waals surface area contributed by atoms with Crippen LogP contribution in [0.15, 0.2) is 0 Å². The molecule has 1 unspecified atom stereocenters. The highest BCUT2D eigenvalue weighted by atomic mass is 16.5. The zero-order valence-electron chi connectivity index (χ0n) is 12.6. The topological polar surface area (TPSA) is 41.6 Å². The van der Waals surface area contributed by atoms with Crippen LogP contribution in [0.4, 0.5) is 0 Å². The Morgan fingerprint density at radius 1 is 1.37 bits per heavy atom. The predicted molar refractivity (Wildman–Crippen MR) is 76.0 cm³/mol. The predicted octanol–water partition coefficient (Wildman–Crippen LogP) is 1.65. The molecule has 1 N–H and O–H groups in total. The lowest BCUT2D eigenvalue weighted by Crippen LogP contribution is -2.51. The van der Waals surface area contributed by atoms with Crippen LogP contribution in [0.3, 0.4) is 0 Å². The van der Waals surface area contributed by atoms with Crippen molar-refractivity contribution in [1.29, 1.82) is 0 Å². The van der Waals surface area contributed by atoms with Gasteiger partial charge in [0.2, 0.25) is 5.91 Å². The number of carbonyl (C=O) groups excluding carboxylic acids is 1. The molecule has 1 aliphatic carbocycles. The summed E-state index contributed by atoms with van der Waals surface area (Å²) in [6.07, 6.45) is 3.70. The minimum atomic E-state index is -0.211. The van der Waals surface area contributed by atoms with Gasteiger partial charge < -0.3 is 10.1 Å². The van der Waals surface area contributed by atoms with E-state index in [9.17, 15) is 4.79 Å². The van der Waals surface area contributed by atoms with Gasteiger partial charge in [0.1, 0.15) is 0 Å². The van der Waals surface area contributed by atoms with Crippen LogP contribution in [0, 0.1) is 11.3 Å². The van der Waals surface area contributed by atoms with Gasteiger partial charge in [-0.1, -0.05) is 20.3 Å². The summed E-state index contributed by atoms with van der Waals surface area (Å²) >= 11 is 0. The standard InChI is InChI=1S/C15H28N2O2/c1-12(11-17-7-9-19-10-8-17)16-14(18)15(2,3)13-5-4-6-13/h12-13H,4-11H2,1-3H3,(H,16,18). The third-order valence-electron chi connectivity index (χ3n) is 4.72. The lowest BCUT2D eigenvalue weighted by atomic mass is 9.67. The Balaban J connectivity index is 1.77. The molecule has 1 saturated carbocycles. The Labute approximate surface area is 116 Å². The number of carbonyl (C=O) groups is 1. The van der Waals surface area contributed by atoms with Gasteiger partial charge >= 0.3 is 0 Å². The molecule has 1 atom stereocenters. The molecule has 1 amide bonds. The Bertz CT molecular complexity index is 307. The molecule has 19 heavy (non-hydrogen) atoms. The highest BCUT2D eigenvalue weighted by molar-refractivity contribution is 5.82. The molecule has 2 rings (SSSR count). The third kappa shape index (κ3) is 3.69. The smallest absolute Gasteiger partial charge is 0.226 e. The number of rotatable bonds is 5. The number of amides is 1. The molecule has 0 bridgehead atoms. The first-order valence-corrected chi connectivity index (χ1v) is 7.61. The first-order chi connectivity index (χ1) is 9.00. The van der Waals surface area contributed by atoms with Crippen molar-refractivity contribution in [3.63, 3.8) is 0 Å². The fourth-order valence-corrected chi connectivity index (χ4v) is 2.94. The van der Waals surface area contributed by atoms with E-state index in [4.69, 9.17) is 4.74 Å². The van der Waals surface area contributed by atoms with E-state index in [1.165, 1.54) is 19.3 Å². The van der Waals surface area contributed by atoms with Gasteiger partial charge in [0, 0.05) is 31.1 Å². The third-order valence-corrected chi connectivity index (χ3v) is 4.72. The van der Waals surface area contributed by atoms with Crippen LogP contribution < -0.4 is 5.32 Å². The van der Waals surface area contributed by atoms with Crippen molar-refractivity contribution >= 4 is 5.91 Å². The molecule has 1 aliphatic heterocycles. The van der Waals surface area contributed by atoms with Crippen LogP contribution in [-0.2, 0) is 9.53 Å². The maximum Gasteiger partial charge on any atom is 0.226 e. The van der Waals surface area contributed by atoms with Gasteiger partial charge in [-0.05, 0) is 25.7 Å². The monoisotopic (exact) mass is 268 g/mol. The molecule has 4 heteroatoms. The van der Waals surface area contributed by atoms with Gasteiger partial charge in [-0.25, -0.2) is 0 Å². The van der Waals surface area contributed by atoms with Crippen molar-refractivity contribution < 1.29 is 9.53 Å². The second-order valence-corrected chi connectivity index (χ2v) is 6.64. The van der Waals surface area contributed by atoms with E-state index < -0.39 is 0 Å². The molecule has 1 saturated heterocycles. The van der Waals surface area contributed by atoms with Gasteiger partial charge in [0.25, 0.3) is 0 Å². The van der Waals surface area contributed by atoms with E-state index in [0.29, 0.717) is 5.92 Å². The molecule has 4 nitrogen and oxygen atoms in total. The number of ether oxygens (including phenoxy) is 1. The largest absolute Gasteiger partial charge is 0.379 e. The Morgan fingerprint density at radius 2 is 2.00 bits per heavy atom. The quantitative estimate of drug-likeness (QED) is 0.824. The van der Waals surface area contributed by atoms with Crippen LogP contribution in [0.1, 0.15) is 40.0 Å². The second kappa shape index (κ2) is 6.23. The summed E-state index contributed by atoms with van der Waals surface area (Å²) in [6, 6.07) is 0.213. The van der Waals surface area contributed by atoms with Crippen molar-refractivity contribution in [3.8, 4) is 0 Å². The van der Waals surface area contributed by atoms with Gasteiger partial charge in [-0.2, -0.15) is 0 Å². The summed E-state index contributed by atoms with van der Waals surface area (Å²) in [5.74, 6) is 0.793. The highest BCUT2D eigenvalue weighted by Gasteiger charge is 2.40. The summed E-state index contributed by atoms with van der Waals surface area (Å²) in [5.41, 5.74) is -0.211. The first-order valence-electron chi connectivity index (χ1n) is 7.61. The number of hydrogen-bond donors (Lipinski definition) is 1. The molecule has 0 aromatic carbocycles. The Hall–Kier alpha value is -0.610. The van der Waals surface area contributed by atoms with Crippen molar-refractivity contribution in [2.45, 2.75) is 46.1 Å². The molecule has 2 aliphatic rings. The average Bonchev–Trinajstić information content (AvgIpc) is 2.26. The molecule has 0 aromatic heterocycles. The molecule has 1 heterocycles. The molecule has 2 fully saturated rings. The van der Waals surface area contributed by atoms with E-state index in [-0.39, 0.29) is 17.4 Å². The van der Waals surface area contributed by atoms with Gasteiger partial charge in [-0.15, -0.1) is 0 Å². The van der Waals surface area contributed by atoms with Crippen LogP contribution in [0.25, 0.3) is 0 Å². The maximum absolute atomic E-state index is 12.4. The number of nitrogens with zero attached hydrogens (tertiary/aromatic N) is 1. The summed E-state index contributed by atoms with van der Waals surface area (Å²) in [4.78, 5) is 14.8. The number of morpholine rings is 1. The molecule has 0 radical (unpaired) electrons. The van der Waals surface area contributed by atoms with E-state index in [1.807, 2.05) is 0 Å². The van der Waals surface area contributed by atoms with E-state index >= 15 is 0 Å². The van der Waals surface area contributed by atoms with Crippen molar-refractivity contribution in [1.82, 2.24) is 10.2 Å². The summed E-state index contributed by atoms with van der Waals surface area (Å²) in [5, 5.41) is 3.20. The summed E-state index contributed by atoms with van der Waals surface area (Å²) in [6.45, 7) is 10.8. The lowest BCUT2D eigenvalue weighted by Gasteiger charge is -2.40. The van der Waals surface area contributed by atoms with Crippen LogP contribution >= 0.6 is 0 Å². The average molecular weight is 268 g/mol. The van der Waals surface area contributed by atoms with Crippen LogP contribution in [0.2, 0.25) is 0 Å². The normalized spacial score (nSPS) is 23.7. The Morgan fingerprint density at radius 3 is 2.53 bits per heavy atom. The van der Waals surface area contributed by atoms with Crippen molar-refractivity contribution in [3.05, 3.63) is 0 Å². The fraction of sp³-hybridized carbons (Fsp3) is 0.933. The number of nitrogens with one attached hydrogen (secondary N) is 1.